The first kappa shape index (κ1) is 13.4. The highest BCUT2D eigenvalue weighted by Crippen LogP contribution is 2.18. The first-order valence-corrected chi connectivity index (χ1v) is 6.66. The van der Waals surface area contributed by atoms with Crippen molar-refractivity contribution in [3.63, 3.8) is 0 Å². The van der Waals surface area contributed by atoms with Crippen LogP contribution in [0, 0.1) is 0 Å². The molecule has 0 amide bonds. The van der Waals surface area contributed by atoms with E-state index in [-0.39, 0.29) is 19.6 Å². The molecule has 1 rings (SSSR count). The molecule has 1 N–H and O–H groups in total. The van der Waals surface area contributed by atoms with Gasteiger partial charge in [0.25, 0.3) is 0 Å². The standard InChI is InChI=1S/C9H17NO5S/c1-7(2)16(13,14)10-3-4-15-6-8(10)5-9(11)12/h7-8H,3-6H2,1-2H3,(H,11,12). The van der Waals surface area contributed by atoms with Gasteiger partial charge >= 0.3 is 5.97 Å². The van der Waals surface area contributed by atoms with Gasteiger partial charge in [-0.05, 0) is 13.8 Å². The number of rotatable bonds is 4. The molecule has 16 heavy (non-hydrogen) atoms. The molecule has 0 aromatic rings. The molecule has 94 valence electrons. The van der Waals surface area contributed by atoms with Gasteiger partial charge in [-0.15, -0.1) is 0 Å². The Hall–Kier alpha value is -0.660. The maximum absolute atomic E-state index is 12.0. The Morgan fingerprint density at radius 2 is 2.19 bits per heavy atom. The van der Waals surface area contributed by atoms with Crippen LogP contribution in [0.4, 0.5) is 0 Å². The van der Waals surface area contributed by atoms with Crippen LogP contribution in [-0.4, -0.2) is 54.8 Å². The number of hydrogen-bond acceptors (Lipinski definition) is 4. The van der Waals surface area contributed by atoms with E-state index in [1.807, 2.05) is 0 Å². The lowest BCUT2D eigenvalue weighted by atomic mass is 10.2. The summed E-state index contributed by atoms with van der Waals surface area (Å²) in [5, 5.41) is 8.17. The Labute approximate surface area is 95.2 Å². The molecule has 0 radical (unpaired) electrons. The largest absolute Gasteiger partial charge is 0.481 e. The number of carboxylic acid groups (broad SMARTS) is 1. The fraction of sp³-hybridized carbons (Fsp3) is 0.889. The molecule has 1 unspecified atom stereocenters. The quantitative estimate of drug-likeness (QED) is 0.754. The van der Waals surface area contributed by atoms with Crippen LogP contribution in [0.1, 0.15) is 20.3 Å². The van der Waals surface area contributed by atoms with Crippen molar-refractivity contribution in [2.75, 3.05) is 19.8 Å². The first-order chi connectivity index (χ1) is 7.35. The number of nitrogens with zero attached hydrogens (tertiary/aromatic N) is 1. The second-order valence-electron chi connectivity index (χ2n) is 4.03. The van der Waals surface area contributed by atoms with Crippen molar-refractivity contribution in [1.82, 2.24) is 4.31 Å². The summed E-state index contributed by atoms with van der Waals surface area (Å²) in [6, 6.07) is -0.585. The minimum Gasteiger partial charge on any atom is -0.481 e. The highest BCUT2D eigenvalue weighted by Gasteiger charge is 2.35. The van der Waals surface area contributed by atoms with Gasteiger partial charge in [0, 0.05) is 6.54 Å². The van der Waals surface area contributed by atoms with Crippen LogP contribution >= 0.6 is 0 Å². The van der Waals surface area contributed by atoms with Crippen molar-refractivity contribution >= 4 is 16.0 Å². The summed E-state index contributed by atoms with van der Waals surface area (Å²) in [5.41, 5.74) is 0. The fourth-order valence-corrected chi connectivity index (χ4v) is 3.03. The van der Waals surface area contributed by atoms with E-state index >= 15 is 0 Å². The third-order valence-electron chi connectivity index (χ3n) is 2.51. The van der Waals surface area contributed by atoms with E-state index in [9.17, 15) is 13.2 Å². The molecule has 0 spiro atoms. The average Bonchev–Trinajstić information content (AvgIpc) is 2.17. The molecule has 1 atom stereocenters. The van der Waals surface area contributed by atoms with Crippen molar-refractivity contribution < 1.29 is 23.1 Å². The lowest BCUT2D eigenvalue weighted by Crippen LogP contribution is -2.51. The second kappa shape index (κ2) is 5.11. The van der Waals surface area contributed by atoms with Crippen LogP contribution < -0.4 is 0 Å². The number of morpholine rings is 1. The molecule has 6 nitrogen and oxygen atoms in total. The fourth-order valence-electron chi connectivity index (χ4n) is 1.61. The molecule has 0 bridgehead atoms. The summed E-state index contributed by atoms with van der Waals surface area (Å²) in [5.74, 6) is -1.01. The molecule has 1 aliphatic heterocycles. The van der Waals surface area contributed by atoms with E-state index in [1.165, 1.54) is 4.31 Å². The van der Waals surface area contributed by atoms with Crippen molar-refractivity contribution in [3.8, 4) is 0 Å². The van der Waals surface area contributed by atoms with Crippen molar-refractivity contribution in [2.24, 2.45) is 0 Å². The summed E-state index contributed by atoms with van der Waals surface area (Å²) in [7, 11) is -3.40. The van der Waals surface area contributed by atoms with E-state index in [2.05, 4.69) is 0 Å². The predicted octanol–water partition coefficient (Wildman–Crippen LogP) is -0.0999. The van der Waals surface area contributed by atoms with Gasteiger partial charge in [0.15, 0.2) is 0 Å². The molecule has 1 fully saturated rings. The van der Waals surface area contributed by atoms with Crippen molar-refractivity contribution in [3.05, 3.63) is 0 Å². The summed E-state index contributed by atoms with van der Waals surface area (Å²) in [4.78, 5) is 10.6. The molecule has 0 saturated carbocycles. The molecule has 1 saturated heterocycles. The van der Waals surface area contributed by atoms with Crippen LogP contribution in [-0.2, 0) is 19.6 Å². The lowest BCUT2D eigenvalue weighted by molar-refractivity contribution is -0.139. The smallest absolute Gasteiger partial charge is 0.305 e. The Morgan fingerprint density at radius 1 is 1.56 bits per heavy atom. The number of ether oxygens (including phenoxy) is 1. The zero-order valence-electron chi connectivity index (χ0n) is 9.42. The minimum absolute atomic E-state index is 0.151. The monoisotopic (exact) mass is 251 g/mol. The third kappa shape index (κ3) is 2.93. The highest BCUT2D eigenvalue weighted by atomic mass is 32.2. The highest BCUT2D eigenvalue weighted by molar-refractivity contribution is 7.89. The van der Waals surface area contributed by atoms with Gasteiger partial charge in [-0.25, -0.2) is 8.42 Å². The molecular weight excluding hydrogens is 234 g/mol. The molecule has 0 aromatic heterocycles. The van der Waals surface area contributed by atoms with E-state index in [0.29, 0.717) is 6.61 Å². The third-order valence-corrected chi connectivity index (χ3v) is 4.83. The summed E-state index contributed by atoms with van der Waals surface area (Å²) >= 11 is 0. The Kier molecular flexibility index (Phi) is 4.28. The van der Waals surface area contributed by atoms with Crippen LogP contribution in [0.3, 0.4) is 0 Å². The molecule has 1 heterocycles. The lowest BCUT2D eigenvalue weighted by Gasteiger charge is -2.34. The van der Waals surface area contributed by atoms with Gasteiger partial charge in [-0.3, -0.25) is 4.79 Å². The number of sulfonamides is 1. The Bertz CT molecular complexity index is 351. The number of carbonyl (C=O) groups is 1. The Morgan fingerprint density at radius 3 is 2.69 bits per heavy atom. The molecule has 0 aliphatic carbocycles. The van der Waals surface area contributed by atoms with Gasteiger partial charge < -0.3 is 9.84 Å². The summed E-state index contributed by atoms with van der Waals surface area (Å²) in [6.45, 7) is 3.88. The zero-order valence-corrected chi connectivity index (χ0v) is 10.2. The first-order valence-electron chi connectivity index (χ1n) is 5.16. The normalized spacial score (nSPS) is 23.6. The SMILES string of the molecule is CC(C)S(=O)(=O)N1CCOCC1CC(=O)O. The number of carboxylic acids is 1. The number of aliphatic carboxylic acids is 1. The average molecular weight is 251 g/mol. The van der Waals surface area contributed by atoms with Crippen LogP contribution in [0.2, 0.25) is 0 Å². The van der Waals surface area contributed by atoms with Crippen LogP contribution in [0.25, 0.3) is 0 Å². The van der Waals surface area contributed by atoms with E-state index < -0.39 is 27.3 Å². The van der Waals surface area contributed by atoms with E-state index in [1.54, 1.807) is 13.8 Å². The maximum Gasteiger partial charge on any atom is 0.305 e. The number of hydrogen-bond donors (Lipinski definition) is 1. The molecular formula is C9H17NO5S. The maximum atomic E-state index is 12.0. The van der Waals surface area contributed by atoms with E-state index in [4.69, 9.17) is 9.84 Å². The summed E-state index contributed by atoms with van der Waals surface area (Å²) < 4.78 is 30.3. The Balaban J connectivity index is 2.86. The van der Waals surface area contributed by atoms with Gasteiger partial charge in [-0.1, -0.05) is 0 Å². The predicted molar refractivity (Wildman–Crippen MR) is 57.6 cm³/mol. The summed E-state index contributed by atoms with van der Waals surface area (Å²) in [6.07, 6.45) is -0.216. The van der Waals surface area contributed by atoms with Gasteiger partial charge in [-0.2, -0.15) is 4.31 Å². The van der Waals surface area contributed by atoms with Gasteiger partial charge in [0.2, 0.25) is 10.0 Å². The molecule has 0 aromatic carbocycles. The minimum atomic E-state index is -3.40. The molecule has 1 aliphatic rings. The van der Waals surface area contributed by atoms with Gasteiger partial charge in [0.1, 0.15) is 0 Å². The molecule has 7 heteroatoms. The van der Waals surface area contributed by atoms with Crippen LogP contribution in [0.5, 0.6) is 0 Å². The van der Waals surface area contributed by atoms with Crippen LogP contribution in [0.15, 0.2) is 0 Å². The van der Waals surface area contributed by atoms with Gasteiger partial charge in [0.05, 0.1) is 30.9 Å². The zero-order chi connectivity index (χ0) is 12.3. The topological polar surface area (TPSA) is 83.9 Å². The van der Waals surface area contributed by atoms with Crippen molar-refractivity contribution in [2.45, 2.75) is 31.6 Å². The second-order valence-corrected chi connectivity index (χ2v) is 6.47. The van der Waals surface area contributed by atoms with E-state index in [0.717, 1.165) is 0 Å². The van der Waals surface area contributed by atoms with Crippen molar-refractivity contribution in [1.29, 1.82) is 0 Å².